The van der Waals surface area contributed by atoms with Crippen molar-refractivity contribution in [3.8, 4) is 0 Å². The minimum Gasteiger partial charge on any atom is -0.456 e. The first-order valence-electron chi connectivity index (χ1n) is 8.40. The molecule has 2 aromatic carbocycles. The van der Waals surface area contributed by atoms with Gasteiger partial charge in [-0.3, -0.25) is 24.5 Å². The molecule has 2 aromatic rings. The van der Waals surface area contributed by atoms with Gasteiger partial charge in [0.2, 0.25) is 5.91 Å². The van der Waals surface area contributed by atoms with Crippen LogP contribution in [0.3, 0.4) is 0 Å². The summed E-state index contributed by atoms with van der Waals surface area (Å²) in [5, 5.41) is 16.0. The zero-order valence-electron chi connectivity index (χ0n) is 15.1. The Kier molecular flexibility index (Phi) is 7.21. The number of para-hydroxylation sites is 1. The summed E-state index contributed by atoms with van der Waals surface area (Å²) in [5.41, 5.74) is 1.18. The predicted molar refractivity (Wildman–Crippen MR) is 102 cm³/mol. The normalized spacial score (nSPS) is 10.0. The van der Waals surface area contributed by atoms with Crippen molar-refractivity contribution in [3.63, 3.8) is 0 Å². The third kappa shape index (κ3) is 6.52. The average Bonchev–Trinajstić information content (AvgIpc) is 2.67. The Labute approximate surface area is 160 Å². The molecular formula is C19H19N3O6. The number of amides is 2. The summed E-state index contributed by atoms with van der Waals surface area (Å²) in [4.78, 5) is 45.6. The number of rotatable bonds is 8. The lowest BCUT2D eigenvalue weighted by Crippen LogP contribution is -2.21. The van der Waals surface area contributed by atoms with E-state index in [9.17, 15) is 24.5 Å². The highest BCUT2D eigenvalue weighted by atomic mass is 16.6. The van der Waals surface area contributed by atoms with Crippen molar-refractivity contribution in [3.05, 3.63) is 64.2 Å². The van der Waals surface area contributed by atoms with E-state index >= 15 is 0 Å². The number of hydrogen-bond acceptors (Lipinski definition) is 6. The number of anilines is 2. The second-order valence-electron chi connectivity index (χ2n) is 5.88. The molecule has 9 nitrogen and oxygen atoms in total. The fraction of sp³-hybridized carbons (Fsp3) is 0.211. The molecule has 0 saturated heterocycles. The lowest BCUT2D eigenvalue weighted by atomic mass is 10.2. The van der Waals surface area contributed by atoms with Gasteiger partial charge in [-0.05, 0) is 25.1 Å². The van der Waals surface area contributed by atoms with E-state index < -0.39 is 23.4 Å². The van der Waals surface area contributed by atoms with Crippen LogP contribution >= 0.6 is 0 Å². The highest BCUT2D eigenvalue weighted by Gasteiger charge is 2.14. The van der Waals surface area contributed by atoms with Crippen LogP contribution in [-0.4, -0.2) is 29.3 Å². The van der Waals surface area contributed by atoms with Crippen molar-refractivity contribution in [2.75, 3.05) is 17.2 Å². The molecule has 0 aromatic heterocycles. The Morgan fingerprint density at radius 3 is 2.32 bits per heavy atom. The molecule has 2 rings (SSSR count). The quantitative estimate of drug-likeness (QED) is 0.408. The first-order valence-corrected chi connectivity index (χ1v) is 8.40. The van der Waals surface area contributed by atoms with E-state index in [0.29, 0.717) is 11.3 Å². The third-order valence-electron chi connectivity index (χ3n) is 3.67. The van der Waals surface area contributed by atoms with Crippen LogP contribution in [0.2, 0.25) is 0 Å². The Hall–Kier alpha value is -3.75. The second kappa shape index (κ2) is 9.81. The first kappa shape index (κ1) is 20.6. The van der Waals surface area contributed by atoms with E-state index in [0.717, 1.165) is 0 Å². The van der Waals surface area contributed by atoms with Gasteiger partial charge in [-0.25, -0.2) is 0 Å². The Morgan fingerprint density at radius 1 is 0.964 bits per heavy atom. The van der Waals surface area contributed by atoms with Gasteiger partial charge in [0, 0.05) is 29.4 Å². The molecule has 0 radical (unpaired) electrons. The molecule has 0 unspecified atom stereocenters. The third-order valence-corrected chi connectivity index (χ3v) is 3.67. The Balaban J connectivity index is 1.73. The van der Waals surface area contributed by atoms with Crippen LogP contribution in [0.25, 0.3) is 0 Å². The van der Waals surface area contributed by atoms with Gasteiger partial charge in [-0.1, -0.05) is 24.3 Å². The SMILES string of the molecule is Cc1ccc(NC(=O)COC(=O)CCC(=O)Nc2ccccc2)cc1[N+](=O)[O-]. The van der Waals surface area contributed by atoms with Crippen molar-refractivity contribution in [1.29, 1.82) is 0 Å². The van der Waals surface area contributed by atoms with Crippen molar-refractivity contribution >= 4 is 34.8 Å². The molecule has 2 amide bonds. The van der Waals surface area contributed by atoms with Crippen LogP contribution in [0.5, 0.6) is 0 Å². The minimum atomic E-state index is -0.701. The van der Waals surface area contributed by atoms with Gasteiger partial charge < -0.3 is 15.4 Å². The number of nitro groups is 1. The molecule has 0 heterocycles. The summed E-state index contributed by atoms with van der Waals surface area (Å²) in [5.74, 6) is -1.69. The molecule has 146 valence electrons. The maximum Gasteiger partial charge on any atom is 0.306 e. The van der Waals surface area contributed by atoms with Crippen molar-refractivity contribution in [2.45, 2.75) is 19.8 Å². The van der Waals surface area contributed by atoms with Crippen LogP contribution in [0.1, 0.15) is 18.4 Å². The molecule has 0 saturated carbocycles. The van der Waals surface area contributed by atoms with E-state index in [4.69, 9.17) is 4.74 Å². The fourth-order valence-electron chi connectivity index (χ4n) is 2.26. The van der Waals surface area contributed by atoms with Crippen LogP contribution in [-0.2, 0) is 19.1 Å². The number of carbonyl (C=O) groups is 3. The topological polar surface area (TPSA) is 128 Å². The van der Waals surface area contributed by atoms with Gasteiger partial charge in [0.25, 0.3) is 11.6 Å². The second-order valence-corrected chi connectivity index (χ2v) is 5.88. The average molecular weight is 385 g/mol. The summed E-state index contributed by atoms with van der Waals surface area (Å²) < 4.78 is 4.81. The summed E-state index contributed by atoms with van der Waals surface area (Å²) in [7, 11) is 0. The van der Waals surface area contributed by atoms with Gasteiger partial charge in [0.1, 0.15) is 0 Å². The van der Waals surface area contributed by atoms with Crippen molar-refractivity contribution in [2.24, 2.45) is 0 Å². The molecule has 0 fully saturated rings. The van der Waals surface area contributed by atoms with E-state index in [2.05, 4.69) is 10.6 Å². The standard InChI is InChI=1S/C19H19N3O6/c1-13-7-8-15(11-16(13)22(26)27)21-18(24)12-28-19(25)10-9-17(23)20-14-5-3-2-4-6-14/h2-8,11H,9-10,12H2,1H3,(H,20,23)(H,21,24). The lowest BCUT2D eigenvalue weighted by Gasteiger charge is -2.08. The molecule has 9 heteroatoms. The number of benzene rings is 2. The number of esters is 1. The molecule has 0 bridgehead atoms. The van der Waals surface area contributed by atoms with Gasteiger partial charge in [0.05, 0.1) is 11.3 Å². The number of hydrogen-bond donors (Lipinski definition) is 2. The van der Waals surface area contributed by atoms with Crippen LogP contribution in [0.4, 0.5) is 17.1 Å². The molecule has 0 spiro atoms. The molecule has 0 aliphatic carbocycles. The fourth-order valence-corrected chi connectivity index (χ4v) is 2.26. The predicted octanol–water partition coefficient (Wildman–Crippen LogP) is 2.80. The highest BCUT2D eigenvalue weighted by Crippen LogP contribution is 2.22. The van der Waals surface area contributed by atoms with Crippen LogP contribution < -0.4 is 10.6 Å². The van der Waals surface area contributed by atoms with Crippen molar-refractivity contribution < 1.29 is 24.0 Å². The number of carbonyl (C=O) groups excluding carboxylic acids is 3. The van der Waals surface area contributed by atoms with E-state index in [1.807, 2.05) is 6.07 Å². The van der Waals surface area contributed by atoms with E-state index in [1.54, 1.807) is 31.2 Å². The summed E-state index contributed by atoms with van der Waals surface area (Å²) >= 11 is 0. The number of aryl methyl sites for hydroxylation is 1. The largest absolute Gasteiger partial charge is 0.456 e. The summed E-state index contributed by atoms with van der Waals surface area (Å²) in [6.07, 6.45) is -0.262. The lowest BCUT2D eigenvalue weighted by molar-refractivity contribution is -0.385. The maximum atomic E-state index is 11.8. The number of ether oxygens (including phenoxy) is 1. The molecule has 28 heavy (non-hydrogen) atoms. The van der Waals surface area contributed by atoms with Gasteiger partial charge in [-0.15, -0.1) is 0 Å². The minimum absolute atomic E-state index is 0.0838. The summed E-state index contributed by atoms with van der Waals surface area (Å²) in [6.45, 7) is 1.03. The number of nitrogens with zero attached hydrogens (tertiary/aromatic N) is 1. The van der Waals surface area contributed by atoms with E-state index in [1.165, 1.54) is 18.2 Å². The molecule has 0 aliphatic heterocycles. The molecule has 0 aliphatic rings. The monoisotopic (exact) mass is 385 g/mol. The van der Waals surface area contributed by atoms with Gasteiger partial charge in [0.15, 0.2) is 6.61 Å². The zero-order valence-corrected chi connectivity index (χ0v) is 15.1. The maximum absolute atomic E-state index is 11.8. The first-order chi connectivity index (χ1) is 13.3. The number of nitrogens with one attached hydrogen (secondary N) is 2. The van der Waals surface area contributed by atoms with Crippen LogP contribution in [0.15, 0.2) is 48.5 Å². The number of nitro benzene ring substituents is 1. The van der Waals surface area contributed by atoms with Crippen LogP contribution in [0, 0.1) is 17.0 Å². The zero-order chi connectivity index (χ0) is 20.5. The molecule has 2 N–H and O–H groups in total. The van der Waals surface area contributed by atoms with E-state index in [-0.39, 0.29) is 30.1 Å². The van der Waals surface area contributed by atoms with Crippen molar-refractivity contribution in [1.82, 2.24) is 0 Å². The summed E-state index contributed by atoms with van der Waals surface area (Å²) in [6, 6.07) is 13.0. The smallest absolute Gasteiger partial charge is 0.306 e. The highest BCUT2D eigenvalue weighted by molar-refractivity contribution is 5.94. The Bertz CT molecular complexity index is 882. The molecule has 0 atom stereocenters. The van der Waals surface area contributed by atoms with Gasteiger partial charge >= 0.3 is 5.97 Å². The molecular weight excluding hydrogens is 366 g/mol. The Morgan fingerprint density at radius 2 is 1.64 bits per heavy atom. The van der Waals surface area contributed by atoms with Gasteiger partial charge in [-0.2, -0.15) is 0 Å².